The number of aromatic nitrogens is 1. The maximum Gasteiger partial charge on any atom is 0.433 e. The largest absolute Gasteiger partial charge is 0.433 e. The number of nitrogen functional groups attached to an aromatic ring is 1. The SMILES string of the molecule is Cc1nc(C(F)(F)F)ccc1C(=O)NC1CCCc2cc(N)ccc21.Cl. The molecule has 0 radical (unpaired) electrons. The Kier molecular flexibility index (Phi) is 5.81. The minimum Gasteiger partial charge on any atom is -0.399 e. The number of halogens is 4. The fourth-order valence-corrected chi connectivity index (χ4v) is 3.18. The highest BCUT2D eigenvalue weighted by molar-refractivity contribution is 5.95. The molecule has 140 valence electrons. The Balaban J connectivity index is 0.00000243. The zero-order valence-electron chi connectivity index (χ0n) is 14.1. The topological polar surface area (TPSA) is 68.0 Å². The van der Waals surface area contributed by atoms with Crippen molar-refractivity contribution in [2.45, 2.75) is 38.4 Å². The van der Waals surface area contributed by atoms with Crippen LogP contribution in [0.2, 0.25) is 0 Å². The van der Waals surface area contributed by atoms with E-state index in [1.54, 1.807) is 6.07 Å². The van der Waals surface area contributed by atoms with Crippen LogP contribution in [-0.4, -0.2) is 10.9 Å². The molecule has 1 aliphatic rings. The van der Waals surface area contributed by atoms with Crippen LogP contribution in [0.15, 0.2) is 30.3 Å². The van der Waals surface area contributed by atoms with E-state index in [2.05, 4.69) is 10.3 Å². The molecule has 1 aliphatic carbocycles. The average molecular weight is 386 g/mol. The minimum atomic E-state index is -4.53. The van der Waals surface area contributed by atoms with Crippen LogP contribution in [0.5, 0.6) is 0 Å². The highest BCUT2D eigenvalue weighted by atomic mass is 35.5. The first kappa shape index (κ1) is 20.0. The lowest BCUT2D eigenvalue weighted by molar-refractivity contribution is -0.141. The highest BCUT2D eigenvalue weighted by Crippen LogP contribution is 2.32. The van der Waals surface area contributed by atoms with Crippen molar-refractivity contribution in [2.75, 3.05) is 5.73 Å². The lowest BCUT2D eigenvalue weighted by Crippen LogP contribution is -2.31. The van der Waals surface area contributed by atoms with Crippen molar-refractivity contribution in [1.82, 2.24) is 10.3 Å². The van der Waals surface area contributed by atoms with Crippen molar-refractivity contribution in [3.8, 4) is 0 Å². The predicted octanol–water partition coefficient (Wildman–Crippen LogP) is 4.22. The van der Waals surface area contributed by atoms with E-state index in [1.807, 2.05) is 12.1 Å². The molecule has 0 saturated carbocycles. The standard InChI is InChI=1S/C18H18F3N3O.ClH/c1-10-13(7-8-16(23-10)18(19,20)21)17(25)24-15-4-2-3-11-9-12(22)5-6-14(11)15;/h5-9,15H,2-4,22H2,1H3,(H,24,25);1H. The molecule has 1 amide bonds. The van der Waals surface area contributed by atoms with Gasteiger partial charge in [0.1, 0.15) is 5.69 Å². The van der Waals surface area contributed by atoms with Crippen LogP contribution in [0.4, 0.5) is 18.9 Å². The van der Waals surface area contributed by atoms with Crippen molar-refractivity contribution in [3.63, 3.8) is 0 Å². The van der Waals surface area contributed by atoms with Crippen molar-refractivity contribution in [2.24, 2.45) is 0 Å². The number of amides is 1. The summed E-state index contributed by atoms with van der Waals surface area (Å²) in [5.41, 5.74) is 7.78. The quantitative estimate of drug-likeness (QED) is 0.760. The van der Waals surface area contributed by atoms with Gasteiger partial charge in [0.25, 0.3) is 5.91 Å². The van der Waals surface area contributed by atoms with Crippen LogP contribution in [0.3, 0.4) is 0 Å². The molecule has 1 unspecified atom stereocenters. The zero-order valence-corrected chi connectivity index (χ0v) is 14.9. The van der Waals surface area contributed by atoms with Gasteiger partial charge in [-0.25, -0.2) is 4.98 Å². The van der Waals surface area contributed by atoms with Gasteiger partial charge in [-0.1, -0.05) is 6.07 Å². The first-order chi connectivity index (χ1) is 11.8. The highest BCUT2D eigenvalue weighted by Gasteiger charge is 2.33. The molecule has 2 aromatic rings. The van der Waals surface area contributed by atoms with Gasteiger partial charge in [-0.2, -0.15) is 13.2 Å². The number of carbonyl (C=O) groups excluding carboxylic acids is 1. The maximum atomic E-state index is 12.7. The van der Waals surface area contributed by atoms with Gasteiger partial charge >= 0.3 is 6.18 Å². The second-order valence-corrected chi connectivity index (χ2v) is 6.20. The summed E-state index contributed by atoms with van der Waals surface area (Å²) in [6.45, 7) is 1.40. The van der Waals surface area contributed by atoms with Gasteiger partial charge in [0.2, 0.25) is 0 Å². The molecule has 4 nitrogen and oxygen atoms in total. The van der Waals surface area contributed by atoms with Gasteiger partial charge in [0.05, 0.1) is 17.3 Å². The Morgan fingerprint density at radius 2 is 2.00 bits per heavy atom. The number of nitrogens with one attached hydrogen (secondary N) is 1. The molecule has 1 aromatic carbocycles. The number of pyridine rings is 1. The zero-order chi connectivity index (χ0) is 18.2. The summed E-state index contributed by atoms with van der Waals surface area (Å²) in [7, 11) is 0. The fraction of sp³-hybridized carbons (Fsp3) is 0.333. The molecule has 0 saturated heterocycles. The van der Waals surface area contributed by atoms with Crippen LogP contribution >= 0.6 is 12.4 Å². The third kappa shape index (κ3) is 4.09. The Bertz CT molecular complexity index is 824. The van der Waals surface area contributed by atoms with Crippen molar-refractivity contribution in [1.29, 1.82) is 0 Å². The van der Waals surface area contributed by atoms with Crippen LogP contribution < -0.4 is 11.1 Å². The van der Waals surface area contributed by atoms with Crippen molar-refractivity contribution < 1.29 is 18.0 Å². The number of hydrogen-bond acceptors (Lipinski definition) is 3. The van der Waals surface area contributed by atoms with Gasteiger partial charge in [0.15, 0.2) is 0 Å². The Morgan fingerprint density at radius 1 is 1.27 bits per heavy atom. The third-order valence-corrected chi connectivity index (χ3v) is 4.41. The van der Waals surface area contributed by atoms with Crippen LogP contribution in [0, 0.1) is 6.92 Å². The molecule has 1 heterocycles. The number of carbonyl (C=O) groups is 1. The molecule has 3 N–H and O–H groups in total. The number of aryl methyl sites for hydroxylation is 2. The van der Waals surface area contributed by atoms with E-state index >= 15 is 0 Å². The molecule has 1 atom stereocenters. The number of nitrogens with zero attached hydrogens (tertiary/aromatic N) is 1. The molecule has 0 fully saturated rings. The lowest BCUT2D eigenvalue weighted by atomic mass is 9.87. The number of fused-ring (bicyclic) bond motifs is 1. The smallest absolute Gasteiger partial charge is 0.399 e. The predicted molar refractivity (Wildman–Crippen MR) is 95.2 cm³/mol. The summed E-state index contributed by atoms with van der Waals surface area (Å²) in [4.78, 5) is 16.0. The number of rotatable bonds is 2. The van der Waals surface area contributed by atoms with Gasteiger partial charge in [-0.05, 0) is 61.6 Å². The Hall–Kier alpha value is -2.28. The second kappa shape index (κ2) is 7.53. The van der Waals surface area contributed by atoms with Gasteiger partial charge in [-0.15, -0.1) is 12.4 Å². The van der Waals surface area contributed by atoms with Crippen molar-refractivity contribution in [3.05, 3.63) is 58.4 Å². The first-order valence-electron chi connectivity index (χ1n) is 7.99. The summed E-state index contributed by atoms with van der Waals surface area (Å²) < 4.78 is 38.1. The van der Waals surface area contributed by atoms with Crippen LogP contribution in [0.1, 0.15) is 51.8 Å². The third-order valence-electron chi connectivity index (χ3n) is 4.41. The van der Waals surface area contributed by atoms with E-state index in [4.69, 9.17) is 5.73 Å². The lowest BCUT2D eigenvalue weighted by Gasteiger charge is -2.27. The molecule has 0 bridgehead atoms. The summed E-state index contributed by atoms with van der Waals surface area (Å²) in [6.07, 6.45) is -1.95. The molecule has 8 heteroatoms. The number of anilines is 1. The second-order valence-electron chi connectivity index (χ2n) is 6.20. The fourth-order valence-electron chi connectivity index (χ4n) is 3.18. The molecule has 3 rings (SSSR count). The number of benzene rings is 1. The van der Waals surface area contributed by atoms with E-state index in [0.717, 1.165) is 36.5 Å². The molecule has 1 aromatic heterocycles. The Labute approximate surface area is 155 Å². The normalized spacial score (nSPS) is 16.4. The molecule has 0 aliphatic heterocycles. The van der Waals surface area contributed by atoms with Crippen LogP contribution in [0.25, 0.3) is 0 Å². The summed E-state index contributed by atoms with van der Waals surface area (Å²) >= 11 is 0. The van der Waals surface area contributed by atoms with E-state index in [1.165, 1.54) is 13.0 Å². The van der Waals surface area contributed by atoms with E-state index in [9.17, 15) is 18.0 Å². The Morgan fingerprint density at radius 3 is 2.65 bits per heavy atom. The summed E-state index contributed by atoms with van der Waals surface area (Å²) in [5, 5.41) is 2.91. The van der Waals surface area contributed by atoms with Crippen LogP contribution in [-0.2, 0) is 12.6 Å². The average Bonchev–Trinajstić information content (AvgIpc) is 2.53. The van der Waals surface area contributed by atoms with E-state index in [-0.39, 0.29) is 29.7 Å². The summed E-state index contributed by atoms with van der Waals surface area (Å²) in [6, 6.07) is 7.41. The molecule has 0 spiro atoms. The van der Waals surface area contributed by atoms with E-state index < -0.39 is 17.8 Å². The molecular formula is C18H19ClF3N3O. The number of hydrogen-bond donors (Lipinski definition) is 2. The van der Waals surface area contributed by atoms with Gasteiger partial charge in [-0.3, -0.25) is 4.79 Å². The number of nitrogens with two attached hydrogens (primary N) is 1. The maximum absolute atomic E-state index is 12.7. The summed E-state index contributed by atoms with van der Waals surface area (Å²) in [5.74, 6) is -0.423. The first-order valence-corrected chi connectivity index (χ1v) is 7.99. The monoisotopic (exact) mass is 385 g/mol. The van der Waals surface area contributed by atoms with Gasteiger partial charge < -0.3 is 11.1 Å². The van der Waals surface area contributed by atoms with E-state index in [0.29, 0.717) is 5.69 Å². The number of alkyl halides is 3. The van der Waals surface area contributed by atoms with Gasteiger partial charge in [0, 0.05) is 5.69 Å². The van der Waals surface area contributed by atoms with Crippen molar-refractivity contribution >= 4 is 24.0 Å². The molecule has 26 heavy (non-hydrogen) atoms. The molecular weight excluding hydrogens is 367 g/mol. The minimum absolute atomic E-state index is 0.